The molecule has 166 valence electrons. The third-order valence-corrected chi connectivity index (χ3v) is 5.59. The fourth-order valence-corrected chi connectivity index (χ4v) is 3.78. The van der Waals surface area contributed by atoms with Gasteiger partial charge in [0.2, 0.25) is 0 Å². The molecule has 1 saturated heterocycles. The molecule has 0 saturated carbocycles. The zero-order valence-corrected chi connectivity index (χ0v) is 18.8. The molecule has 2 N–H and O–H groups in total. The van der Waals surface area contributed by atoms with Gasteiger partial charge in [0.15, 0.2) is 6.61 Å². The van der Waals surface area contributed by atoms with Crippen molar-refractivity contribution in [2.45, 2.75) is 52.0 Å². The number of hydrogen-bond donors (Lipinski definition) is 2. The van der Waals surface area contributed by atoms with E-state index >= 15 is 0 Å². The lowest BCUT2D eigenvalue weighted by molar-refractivity contribution is -0.134. The van der Waals surface area contributed by atoms with Gasteiger partial charge >= 0.3 is 0 Å². The number of aryl methyl sites for hydroxylation is 1. The van der Waals surface area contributed by atoms with Crippen LogP contribution in [0.25, 0.3) is 0 Å². The summed E-state index contributed by atoms with van der Waals surface area (Å²) < 4.78 is 5.91. The highest BCUT2D eigenvalue weighted by molar-refractivity contribution is 5.94. The summed E-state index contributed by atoms with van der Waals surface area (Å²) in [6, 6.07) is 12.3. The maximum atomic E-state index is 12.7. The minimum absolute atomic E-state index is 0.00408. The molecule has 0 aromatic heterocycles. The van der Waals surface area contributed by atoms with Gasteiger partial charge in [-0.3, -0.25) is 9.59 Å². The Morgan fingerprint density at radius 3 is 2.48 bits per heavy atom. The lowest BCUT2D eigenvalue weighted by atomic mass is 9.85. The molecule has 6 nitrogen and oxygen atoms in total. The zero-order chi connectivity index (χ0) is 22.6. The summed E-state index contributed by atoms with van der Waals surface area (Å²) in [5.74, 6) is 0.562. The van der Waals surface area contributed by atoms with Gasteiger partial charge in [-0.25, -0.2) is 0 Å². The van der Waals surface area contributed by atoms with E-state index in [2.05, 4.69) is 32.2 Å². The molecule has 0 radical (unpaired) electrons. The second-order valence-electron chi connectivity index (χ2n) is 9.22. The number of phenols is 1. The van der Waals surface area contributed by atoms with Crippen LogP contribution in [-0.2, 0) is 10.2 Å². The summed E-state index contributed by atoms with van der Waals surface area (Å²) in [4.78, 5) is 26.8. The number of aromatic hydroxyl groups is 1. The molecule has 0 unspecified atom stereocenters. The Labute approximate surface area is 184 Å². The third kappa shape index (κ3) is 6.00. The predicted octanol–water partition coefficient (Wildman–Crippen LogP) is 3.80. The first-order chi connectivity index (χ1) is 14.6. The standard InChI is InChI=1S/C25H32N2O4/c1-17-8-9-22(21(14-17)25(2,3)4)31-16-23(29)27-12-10-19(11-13-27)26-24(30)18-6-5-7-20(28)15-18/h5-9,14-15,19,28H,10-13,16H2,1-4H3,(H,26,30). The largest absolute Gasteiger partial charge is 0.508 e. The molecule has 1 heterocycles. The van der Waals surface area contributed by atoms with Crippen LogP contribution >= 0.6 is 0 Å². The monoisotopic (exact) mass is 424 g/mol. The van der Waals surface area contributed by atoms with Gasteiger partial charge < -0.3 is 20.1 Å². The summed E-state index contributed by atoms with van der Waals surface area (Å²) in [5.41, 5.74) is 2.61. The number of nitrogens with zero attached hydrogens (tertiary/aromatic N) is 1. The van der Waals surface area contributed by atoms with Crippen molar-refractivity contribution < 1.29 is 19.4 Å². The summed E-state index contributed by atoms with van der Waals surface area (Å²) in [6.45, 7) is 9.60. The number of piperidine rings is 1. The van der Waals surface area contributed by atoms with Gasteiger partial charge in [0.1, 0.15) is 11.5 Å². The maximum Gasteiger partial charge on any atom is 0.260 e. The molecule has 3 rings (SSSR count). The quantitative estimate of drug-likeness (QED) is 0.765. The van der Waals surface area contributed by atoms with E-state index in [9.17, 15) is 14.7 Å². The van der Waals surface area contributed by atoms with Crippen LogP contribution in [0.15, 0.2) is 42.5 Å². The fourth-order valence-electron chi connectivity index (χ4n) is 3.78. The van der Waals surface area contributed by atoms with Crippen molar-refractivity contribution in [1.29, 1.82) is 0 Å². The van der Waals surface area contributed by atoms with Crippen molar-refractivity contribution in [2.75, 3.05) is 19.7 Å². The van der Waals surface area contributed by atoms with Crippen molar-refractivity contribution >= 4 is 11.8 Å². The number of carbonyl (C=O) groups is 2. The van der Waals surface area contributed by atoms with E-state index in [0.29, 0.717) is 31.5 Å². The highest BCUT2D eigenvalue weighted by Crippen LogP contribution is 2.32. The molecule has 2 aromatic rings. The van der Waals surface area contributed by atoms with E-state index in [-0.39, 0.29) is 35.6 Å². The van der Waals surface area contributed by atoms with Crippen LogP contribution in [0, 0.1) is 6.92 Å². The minimum Gasteiger partial charge on any atom is -0.508 e. The molecule has 1 fully saturated rings. The first-order valence-corrected chi connectivity index (χ1v) is 10.7. The molecule has 2 aromatic carbocycles. The Balaban J connectivity index is 1.50. The van der Waals surface area contributed by atoms with Gasteiger partial charge in [0.05, 0.1) is 0 Å². The van der Waals surface area contributed by atoms with Crippen LogP contribution in [0.2, 0.25) is 0 Å². The van der Waals surface area contributed by atoms with E-state index in [1.807, 2.05) is 19.1 Å². The van der Waals surface area contributed by atoms with Crippen LogP contribution in [0.3, 0.4) is 0 Å². The Morgan fingerprint density at radius 2 is 1.84 bits per heavy atom. The van der Waals surface area contributed by atoms with Gasteiger partial charge in [0, 0.05) is 24.7 Å². The van der Waals surface area contributed by atoms with Gasteiger partial charge in [0.25, 0.3) is 11.8 Å². The number of benzene rings is 2. The Hall–Kier alpha value is -3.02. The minimum atomic E-state index is -0.210. The Morgan fingerprint density at radius 1 is 1.13 bits per heavy atom. The van der Waals surface area contributed by atoms with Crippen LogP contribution < -0.4 is 10.1 Å². The maximum absolute atomic E-state index is 12.7. The van der Waals surface area contributed by atoms with Gasteiger partial charge in [-0.1, -0.05) is 44.5 Å². The number of rotatable bonds is 5. The van der Waals surface area contributed by atoms with Gasteiger partial charge in [-0.15, -0.1) is 0 Å². The molecular weight excluding hydrogens is 392 g/mol. The average Bonchev–Trinajstić information content (AvgIpc) is 2.72. The van der Waals surface area contributed by atoms with Crippen LogP contribution in [0.1, 0.15) is 55.1 Å². The van der Waals surface area contributed by atoms with Crippen molar-refractivity contribution in [3.05, 3.63) is 59.2 Å². The van der Waals surface area contributed by atoms with Crippen LogP contribution in [-0.4, -0.2) is 47.6 Å². The average molecular weight is 425 g/mol. The molecule has 0 spiro atoms. The third-order valence-electron chi connectivity index (χ3n) is 5.59. The van der Waals surface area contributed by atoms with Gasteiger partial charge in [-0.05, 0) is 55.0 Å². The lowest BCUT2D eigenvalue weighted by Crippen LogP contribution is -2.47. The van der Waals surface area contributed by atoms with Crippen molar-refractivity contribution in [1.82, 2.24) is 10.2 Å². The smallest absolute Gasteiger partial charge is 0.260 e. The van der Waals surface area contributed by atoms with Crippen molar-refractivity contribution in [2.24, 2.45) is 0 Å². The van der Waals surface area contributed by atoms with Crippen molar-refractivity contribution in [3.8, 4) is 11.5 Å². The Kier molecular flexibility index (Phi) is 6.88. The molecule has 2 amide bonds. The Bertz CT molecular complexity index is 941. The predicted molar refractivity (Wildman–Crippen MR) is 121 cm³/mol. The van der Waals surface area contributed by atoms with E-state index in [1.54, 1.807) is 17.0 Å². The van der Waals surface area contributed by atoms with Crippen LogP contribution in [0.4, 0.5) is 0 Å². The van der Waals surface area contributed by atoms with Crippen LogP contribution in [0.5, 0.6) is 11.5 Å². The topological polar surface area (TPSA) is 78.9 Å². The SMILES string of the molecule is Cc1ccc(OCC(=O)N2CCC(NC(=O)c3cccc(O)c3)CC2)c(C(C)(C)C)c1. The summed E-state index contributed by atoms with van der Waals surface area (Å²) in [6.07, 6.45) is 1.38. The van der Waals surface area contributed by atoms with E-state index in [4.69, 9.17) is 4.74 Å². The molecular formula is C25H32N2O4. The van der Waals surface area contributed by atoms with Crippen molar-refractivity contribution in [3.63, 3.8) is 0 Å². The lowest BCUT2D eigenvalue weighted by Gasteiger charge is -2.32. The fraction of sp³-hybridized carbons (Fsp3) is 0.440. The molecule has 0 atom stereocenters. The first-order valence-electron chi connectivity index (χ1n) is 10.7. The number of carbonyl (C=O) groups excluding carboxylic acids is 2. The van der Waals surface area contributed by atoms with E-state index < -0.39 is 0 Å². The highest BCUT2D eigenvalue weighted by Gasteiger charge is 2.25. The first kappa shape index (κ1) is 22.7. The zero-order valence-electron chi connectivity index (χ0n) is 18.8. The highest BCUT2D eigenvalue weighted by atomic mass is 16.5. The second kappa shape index (κ2) is 9.41. The molecule has 31 heavy (non-hydrogen) atoms. The molecule has 1 aliphatic heterocycles. The molecule has 0 aliphatic carbocycles. The second-order valence-corrected chi connectivity index (χ2v) is 9.22. The number of ether oxygens (including phenoxy) is 1. The summed E-state index contributed by atoms with van der Waals surface area (Å²) in [5, 5.41) is 12.5. The number of phenolic OH excluding ortho intramolecular Hbond substituents is 1. The number of nitrogens with one attached hydrogen (secondary N) is 1. The number of hydrogen-bond acceptors (Lipinski definition) is 4. The molecule has 6 heteroatoms. The van der Waals surface area contributed by atoms with E-state index in [0.717, 1.165) is 11.3 Å². The van der Waals surface area contributed by atoms with E-state index in [1.165, 1.54) is 17.7 Å². The summed E-state index contributed by atoms with van der Waals surface area (Å²) >= 11 is 0. The van der Waals surface area contributed by atoms with Gasteiger partial charge in [-0.2, -0.15) is 0 Å². The number of amides is 2. The summed E-state index contributed by atoms with van der Waals surface area (Å²) in [7, 11) is 0. The molecule has 0 bridgehead atoms. The number of likely N-dealkylation sites (tertiary alicyclic amines) is 1. The molecule has 1 aliphatic rings. The normalized spacial score (nSPS) is 14.9.